The Morgan fingerprint density at radius 1 is 1.42 bits per heavy atom. The molecule has 0 amide bonds. The van der Waals surface area contributed by atoms with Crippen LogP contribution in [0, 0.1) is 0 Å². The van der Waals surface area contributed by atoms with Crippen molar-refractivity contribution >= 4 is 51.3 Å². The highest BCUT2D eigenvalue weighted by Crippen LogP contribution is 2.32. The van der Waals surface area contributed by atoms with Crippen LogP contribution in [-0.4, -0.2) is 22.5 Å². The number of nitrogens with one attached hydrogen (secondary N) is 1. The summed E-state index contributed by atoms with van der Waals surface area (Å²) < 4.78 is 4.85. The molecule has 0 aliphatic carbocycles. The second-order valence-corrected chi connectivity index (χ2v) is 5.03. The number of esters is 1. The van der Waals surface area contributed by atoms with Gasteiger partial charge in [0.25, 0.3) is 0 Å². The number of hydrogen-bond donors (Lipinski definition) is 1. The van der Waals surface area contributed by atoms with Gasteiger partial charge in [-0.2, -0.15) is 0 Å². The van der Waals surface area contributed by atoms with Crippen molar-refractivity contribution in [3.63, 3.8) is 0 Å². The quantitative estimate of drug-likeness (QED) is 0.870. The molecule has 0 aliphatic heterocycles. The van der Waals surface area contributed by atoms with Crippen LogP contribution in [0.4, 0.5) is 10.8 Å². The number of anilines is 2. The highest BCUT2D eigenvalue weighted by atomic mass is 35.5. The molecule has 0 fully saturated rings. The fourth-order valence-corrected chi connectivity index (χ4v) is 2.41. The van der Waals surface area contributed by atoms with E-state index in [0.717, 1.165) is 0 Å². The molecule has 0 spiro atoms. The van der Waals surface area contributed by atoms with Gasteiger partial charge in [0.2, 0.25) is 0 Å². The predicted molar refractivity (Wildman–Crippen MR) is 75.6 cm³/mol. The summed E-state index contributed by atoms with van der Waals surface area (Å²) in [7, 11) is 0. The molecule has 2 rings (SSSR count). The Morgan fingerprint density at radius 2 is 2.11 bits per heavy atom. The molecular formula is C11H9Cl2N3O2S. The molecule has 0 unspecified atom stereocenters. The van der Waals surface area contributed by atoms with E-state index in [0.29, 0.717) is 27.5 Å². The summed E-state index contributed by atoms with van der Waals surface area (Å²) in [6.45, 7) is 2.04. The Balaban J connectivity index is 2.18. The first-order valence-electron chi connectivity index (χ1n) is 5.30. The molecule has 1 N–H and O–H groups in total. The summed E-state index contributed by atoms with van der Waals surface area (Å²) >= 11 is 13.2. The van der Waals surface area contributed by atoms with Gasteiger partial charge in [0.1, 0.15) is 0 Å². The van der Waals surface area contributed by atoms with Crippen LogP contribution in [0.5, 0.6) is 0 Å². The highest BCUT2D eigenvalue weighted by Gasteiger charge is 2.13. The average Bonchev–Trinajstić information content (AvgIpc) is 2.83. The summed E-state index contributed by atoms with van der Waals surface area (Å²) in [5.74, 6) is -0.460. The number of pyridine rings is 1. The first-order valence-corrected chi connectivity index (χ1v) is 6.94. The summed E-state index contributed by atoms with van der Waals surface area (Å²) in [5.41, 5.74) is 0.749. The third kappa shape index (κ3) is 3.34. The standard InChI is InChI=1S/C11H9Cl2N3O2S/c1-2-18-10(17)8-5-19-11(15-8)16-9-6(12)3-14-4-7(9)13/h3-5H,2H2,1H3,(H,14,15,16). The summed E-state index contributed by atoms with van der Waals surface area (Å²) in [5, 5.41) is 5.80. The number of carbonyl (C=O) groups is 1. The third-order valence-corrected chi connectivity index (χ3v) is 3.40. The molecule has 0 radical (unpaired) electrons. The van der Waals surface area contributed by atoms with Crippen LogP contribution in [0.1, 0.15) is 17.4 Å². The maximum absolute atomic E-state index is 11.5. The minimum atomic E-state index is -0.460. The first-order chi connectivity index (χ1) is 9.11. The molecule has 2 aromatic rings. The molecule has 0 aromatic carbocycles. The van der Waals surface area contributed by atoms with E-state index in [-0.39, 0.29) is 5.69 Å². The van der Waals surface area contributed by atoms with Gasteiger partial charge in [-0.1, -0.05) is 23.2 Å². The Kier molecular flexibility index (Phi) is 4.57. The molecule has 0 atom stereocenters. The number of ether oxygens (including phenoxy) is 1. The Labute approximate surface area is 123 Å². The molecule has 5 nitrogen and oxygen atoms in total. The largest absolute Gasteiger partial charge is 0.461 e. The van der Waals surface area contributed by atoms with E-state index in [9.17, 15) is 4.79 Å². The maximum Gasteiger partial charge on any atom is 0.357 e. The van der Waals surface area contributed by atoms with Crippen LogP contribution in [0.2, 0.25) is 10.0 Å². The number of nitrogens with zero attached hydrogens (tertiary/aromatic N) is 2. The Hall–Kier alpha value is -1.37. The SMILES string of the molecule is CCOC(=O)c1csc(Nc2c(Cl)cncc2Cl)n1. The average molecular weight is 318 g/mol. The van der Waals surface area contributed by atoms with Crippen molar-refractivity contribution in [3.8, 4) is 0 Å². The molecule has 0 saturated carbocycles. The zero-order valence-electron chi connectivity index (χ0n) is 9.81. The van der Waals surface area contributed by atoms with Gasteiger partial charge in [-0.25, -0.2) is 9.78 Å². The molecule has 2 heterocycles. The van der Waals surface area contributed by atoms with Crippen molar-refractivity contribution in [2.75, 3.05) is 11.9 Å². The van der Waals surface area contributed by atoms with Gasteiger partial charge in [0.05, 0.1) is 22.3 Å². The molecule has 100 valence electrons. The highest BCUT2D eigenvalue weighted by molar-refractivity contribution is 7.14. The van der Waals surface area contributed by atoms with Gasteiger partial charge >= 0.3 is 5.97 Å². The lowest BCUT2D eigenvalue weighted by atomic mass is 10.4. The molecule has 0 aliphatic rings. The van der Waals surface area contributed by atoms with Gasteiger partial charge in [0, 0.05) is 17.8 Å². The molecule has 19 heavy (non-hydrogen) atoms. The topological polar surface area (TPSA) is 64.1 Å². The van der Waals surface area contributed by atoms with Gasteiger partial charge in [-0.05, 0) is 6.92 Å². The van der Waals surface area contributed by atoms with Crippen LogP contribution in [0.15, 0.2) is 17.8 Å². The van der Waals surface area contributed by atoms with E-state index in [4.69, 9.17) is 27.9 Å². The number of halogens is 2. The molecular weight excluding hydrogens is 309 g/mol. The van der Waals surface area contributed by atoms with E-state index in [1.165, 1.54) is 23.7 Å². The Bertz CT molecular complexity index is 583. The number of thiazole rings is 1. The fraction of sp³-hybridized carbons (Fsp3) is 0.182. The smallest absolute Gasteiger partial charge is 0.357 e. The van der Waals surface area contributed by atoms with Crippen LogP contribution in [0.25, 0.3) is 0 Å². The van der Waals surface area contributed by atoms with E-state index >= 15 is 0 Å². The van der Waals surface area contributed by atoms with Crippen LogP contribution in [0.3, 0.4) is 0 Å². The number of hydrogen-bond acceptors (Lipinski definition) is 6. The second-order valence-electron chi connectivity index (χ2n) is 3.36. The van der Waals surface area contributed by atoms with Crippen molar-refractivity contribution in [2.24, 2.45) is 0 Å². The van der Waals surface area contributed by atoms with Crippen molar-refractivity contribution < 1.29 is 9.53 Å². The van der Waals surface area contributed by atoms with Crippen LogP contribution < -0.4 is 5.32 Å². The lowest BCUT2D eigenvalue weighted by Crippen LogP contribution is -2.05. The fourth-order valence-electron chi connectivity index (χ4n) is 1.27. The normalized spacial score (nSPS) is 10.3. The van der Waals surface area contributed by atoms with Gasteiger partial charge in [0.15, 0.2) is 10.8 Å². The lowest BCUT2D eigenvalue weighted by Gasteiger charge is -2.06. The second kappa shape index (κ2) is 6.18. The van der Waals surface area contributed by atoms with Crippen molar-refractivity contribution in [3.05, 3.63) is 33.5 Å². The number of aromatic nitrogens is 2. The van der Waals surface area contributed by atoms with Crippen LogP contribution in [-0.2, 0) is 4.74 Å². The maximum atomic E-state index is 11.5. The van der Waals surface area contributed by atoms with E-state index in [1.54, 1.807) is 12.3 Å². The van der Waals surface area contributed by atoms with Crippen molar-refractivity contribution in [1.29, 1.82) is 0 Å². The number of carbonyl (C=O) groups excluding carboxylic acids is 1. The van der Waals surface area contributed by atoms with E-state index < -0.39 is 5.97 Å². The summed E-state index contributed by atoms with van der Waals surface area (Å²) in [6, 6.07) is 0. The zero-order chi connectivity index (χ0) is 13.8. The van der Waals surface area contributed by atoms with Crippen molar-refractivity contribution in [2.45, 2.75) is 6.92 Å². The monoisotopic (exact) mass is 317 g/mol. The minimum absolute atomic E-state index is 0.246. The van der Waals surface area contributed by atoms with Gasteiger partial charge < -0.3 is 10.1 Å². The molecule has 2 aromatic heterocycles. The molecule has 0 bridgehead atoms. The third-order valence-electron chi connectivity index (χ3n) is 2.07. The van der Waals surface area contributed by atoms with Crippen molar-refractivity contribution in [1.82, 2.24) is 9.97 Å². The number of rotatable bonds is 4. The molecule has 8 heteroatoms. The van der Waals surface area contributed by atoms with Gasteiger partial charge in [-0.3, -0.25) is 4.98 Å². The Morgan fingerprint density at radius 3 is 2.74 bits per heavy atom. The summed E-state index contributed by atoms with van der Waals surface area (Å²) in [6.07, 6.45) is 2.94. The predicted octanol–water partition coefficient (Wildman–Crippen LogP) is 3.77. The minimum Gasteiger partial charge on any atom is -0.461 e. The summed E-state index contributed by atoms with van der Waals surface area (Å²) in [4.78, 5) is 19.4. The van der Waals surface area contributed by atoms with E-state index in [2.05, 4.69) is 15.3 Å². The zero-order valence-corrected chi connectivity index (χ0v) is 12.1. The van der Waals surface area contributed by atoms with Crippen LogP contribution >= 0.6 is 34.5 Å². The lowest BCUT2D eigenvalue weighted by molar-refractivity contribution is 0.0520. The van der Waals surface area contributed by atoms with Gasteiger partial charge in [-0.15, -0.1) is 11.3 Å². The molecule has 0 saturated heterocycles. The van der Waals surface area contributed by atoms with E-state index in [1.807, 2.05) is 0 Å². The first kappa shape index (κ1) is 14.0.